The number of nitrogens with zero attached hydrogens (tertiary/aromatic N) is 1. The molecule has 74 valence electrons. The number of benzene rings is 1. The van der Waals surface area contributed by atoms with Crippen LogP contribution in [0.3, 0.4) is 0 Å². The minimum atomic E-state index is -0.0117. The Morgan fingerprint density at radius 1 is 1.43 bits per heavy atom. The van der Waals surface area contributed by atoms with Crippen molar-refractivity contribution in [3.8, 4) is 5.75 Å². The largest absolute Gasteiger partial charge is 0.492 e. The molecule has 0 saturated heterocycles. The summed E-state index contributed by atoms with van der Waals surface area (Å²) in [6, 6.07) is 5.35. The summed E-state index contributed by atoms with van der Waals surface area (Å²) in [7, 11) is 0. The van der Waals surface area contributed by atoms with Crippen molar-refractivity contribution >= 4 is 5.71 Å². The third-order valence-corrected chi connectivity index (χ3v) is 2.26. The predicted molar refractivity (Wildman–Crippen MR) is 50.8 cm³/mol. The highest BCUT2D eigenvalue weighted by molar-refractivity contribution is 6.03. The van der Waals surface area contributed by atoms with E-state index in [0.717, 1.165) is 11.1 Å². The first-order valence-electron chi connectivity index (χ1n) is 4.43. The Balaban J connectivity index is 2.46. The number of hydrogen-bond donors (Lipinski definition) is 2. The van der Waals surface area contributed by atoms with Crippen LogP contribution in [0.4, 0.5) is 0 Å². The smallest absolute Gasteiger partial charge is 0.128 e. The molecular weight excluding hydrogens is 182 g/mol. The van der Waals surface area contributed by atoms with Crippen LogP contribution in [0, 0.1) is 0 Å². The Labute approximate surface area is 81.4 Å². The maximum atomic E-state index is 8.93. The monoisotopic (exact) mass is 193 g/mol. The van der Waals surface area contributed by atoms with E-state index in [4.69, 9.17) is 15.1 Å². The number of hydrogen-bond acceptors (Lipinski definition) is 4. The first-order chi connectivity index (χ1) is 6.85. The third-order valence-electron chi connectivity index (χ3n) is 2.26. The quantitative estimate of drug-likeness (QED) is 0.519. The molecule has 0 amide bonds. The molecule has 0 spiro atoms. The summed E-state index contributed by atoms with van der Waals surface area (Å²) < 4.78 is 5.39. The number of aliphatic hydroxyl groups is 1. The number of rotatable bonds is 1. The van der Waals surface area contributed by atoms with E-state index in [1.807, 2.05) is 0 Å². The summed E-state index contributed by atoms with van der Waals surface area (Å²) >= 11 is 0. The van der Waals surface area contributed by atoms with E-state index in [1.54, 1.807) is 18.2 Å². The number of fused-ring (bicyclic) bond motifs is 1. The molecule has 2 N–H and O–H groups in total. The third kappa shape index (κ3) is 1.44. The van der Waals surface area contributed by atoms with Gasteiger partial charge in [0.15, 0.2) is 0 Å². The highest BCUT2D eigenvalue weighted by Gasteiger charge is 2.17. The van der Waals surface area contributed by atoms with E-state index in [-0.39, 0.29) is 6.61 Å². The molecule has 0 radical (unpaired) electrons. The van der Waals surface area contributed by atoms with Crippen molar-refractivity contribution in [1.82, 2.24) is 0 Å². The van der Waals surface area contributed by atoms with Crippen molar-refractivity contribution in [2.24, 2.45) is 5.16 Å². The van der Waals surface area contributed by atoms with Crippen molar-refractivity contribution in [2.45, 2.75) is 13.0 Å². The van der Waals surface area contributed by atoms with Crippen LogP contribution in [0.15, 0.2) is 23.4 Å². The average Bonchev–Trinajstić information content (AvgIpc) is 2.27. The Hall–Kier alpha value is -1.55. The second-order valence-electron chi connectivity index (χ2n) is 3.13. The molecule has 1 aromatic carbocycles. The van der Waals surface area contributed by atoms with Crippen LogP contribution in [-0.2, 0) is 6.61 Å². The van der Waals surface area contributed by atoms with Crippen molar-refractivity contribution in [2.75, 3.05) is 6.61 Å². The molecule has 4 heteroatoms. The molecule has 1 aliphatic rings. The van der Waals surface area contributed by atoms with Crippen LogP contribution >= 0.6 is 0 Å². The zero-order chi connectivity index (χ0) is 9.97. The molecule has 0 unspecified atom stereocenters. The van der Waals surface area contributed by atoms with Gasteiger partial charge in [0.05, 0.1) is 18.9 Å². The summed E-state index contributed by atoms with van der Waals surface area (Å²) in [5.41, 5.74) is 2.23. The van der Waals surface area contributed by atoms with Gasteiger partial charge in [-0.25, -0.2) is 0 Å². The lowest BCUT2D eigenvalue weighted by Gasteiger charge is -2.18. The van der Waals surface area contributed by atoms with Crippen LogP contribution in [0.2, 0.25) is 0 Å². The molecule has 2 rings (SSSR count). The van der Waals surface area contributed by atoms with E-state index in [0.29, 0.717) is 24.5 Å². The average molecular weight is 193 g/mol. The van der Waals surface area contributed by atoms with Crippen LogP contribution in [0.25, 0.3) is 0 Å². The van der Waals surface area contributed by atoms with Gasteiger partial charge in [-0.1, -0.05) is 11.2 Å². The highest BCUT2D eigenvalue weighted by Crippen LogP contribution is 2.26. The van der Waals surface area contributed by atoms with E-state index in [2.05, 4.69) is 5.16 Å². The zero-order valence-electron chi connectivity index (χ0n) is 7.60. The van der Waals surface area contributed by atoms with Crippen molar-refractivity contribution < 1.29 is 15.1 Å². The molecule has 0 atom stereocenters. The fourth-order valence-electron chi connectivity index (χ4n) is 1.52. The molecule has 0 saturated carbocycles. The van der Waals surface area contributed by atoms with Gasteiger partial charge < -0.3 is 15.1 Å². The van der Waals surface area contributed by atoms with Crippen molar-refractivity contribution in [1.29, 1.82) is 0 Å². The minimum absolute atomic E-state index is 0.0117. The van der Waals surface area contributed by atoms with E-state index in [1.165, 1.54) is 0 Å². The number of oxime groups is 1. The van der Waals surface area contributed by atoms with Crippen LogP contribution in [0.5, 0.6) is 5.75 Å². The van der Waals surface area contributed by atoms with Gasteiger partial charge in [-0.05, 0) is 17.7 Å². The lowest BCUT2D eigenvalue weighted by Crippen LogP contribution is -2.16. The molecule has 0 bridgehead atoms. The van der Waals surface area contributed by atoms with Gasteiger partial charge in [-0.3, -0.25) is 0 Å². The topological polar surface area (TPSA) is 62.0 Å². The maximum Gasteiger partial charge on any atom is 0.128 e. The molecule has 1 aromatic rings. The lowest BCUT2D eigenvalue weighted by molar-refractivity contribution is 0.278. The highest BCUT2D eigenvalue weighted by atomic mass is 16.5. The molecular formula is C10H11NO3. The number of aliphatic hydroxyl groups excluding tert-OH is 1. The Morgan fingerprint density at radius 3 is 3.00 bits per heavy atom. The van der Waals surface area contributed by atoms with Crippen LogP contribution in [-0.4, -0.2) is 22.6 Å². The van der Waals surface area contributed by atoms with Crippen molar-refractivity contribution in [3.05, 3.63) is 29.3 Å². The lowest BCUT2D eigenvalue weighted by atomic mass is 10.0. The second-order valence-corrected chi connectivity index (χ2v) is 3.13. The molecule has 0 aromatic heterocycles. The fraction of sp³-hybridized carbons (Fsp3) is 0.300. The summed E-state index contributed by atoms with van der Waals surface area (Å²) in [4.78, 5) is 0. The predicted octanol–water partition coefficient (Wildman–Crippen LogP) is 1.14. The number of ether oxygens (including phenoxy) is 1. The maximum absolute atomic E-state index is 8.93. The van der Waals surface area contributed by atoms with E-state index in [9.17, 15) is 0 Å². The van der Waals surface area contributed by atoms with Gasteiger partial charge in [-0.2, -0.15) is 0 Å². The summed E-state index contributed by atoms with van der Waals surface area (Å²) in [6.07, 6.45) is 0.613. The molecule has 1 aliphatic heterocycles. The summed E-state index contributed by atoms with van der Waals surface area (Å²) in [6.45, 7) is 0.503. The van der Waals surface area contributed by atoms with Crippen LogP contribution in [0.1, 0.15) is 17.5 Å². The Bertz CT molecular complexity index is 374. The van der Waals surface area contributed by atoms with E-state index >= 15 is 0 Å². The van der Waals surface area contributed by atoms with Gasteiger partial charge in [0, 0.05) is 12.0 Å². The molecule has 0 aliphatic carbocycles. The van der Waals surface area contributed by atoms with Gasteiger partial charge in [0.25, 0.3) is 0 Å². The molecule has 14 heavy (non-hydrogen) atoms. The summed E-state index contributed by atoms with van der Waals surface area (Å²) in [5, 5.41) is 20.9. The standard InChI is InChI=1S/C10H11NO3/c12-6-7-1-2-8-9(11-13)3-4-14-10(8)5-7/h1-2,5,12-13H,3-4,6H2. The SMILES string of the molecule is OCc1ccc2c(c1)OCCC2=NO. The van der Waals surface area contributed by atoms with Gasteiger partial charge in [-0.15, -0.1) is 0 Å². The fourth-order valence-corrected chi connectivity index (χ4v) is 1.52. The normalized spacial score (nSPS) is 17.6. The van der Waals surface area contributed by atoms with E-state index < -0.39 is 0 Å². The van der Waals surface area contributed by atoms with Gasteiger partial charge >= 0.3 is 0 Å². The van der Waals surface area contributed by atoms with Gasteiger partial charge in [0.2, 0.25) is 0 Å². The minimum Gasteiger partial charge on any atom is -0.492 e. The second kappa shape index (κ2) is 3.67. The molecule has 1 heterocycles. The Kier molecular flexibility index (Phi) is 2.37. The first kappa shape index (κ1) is 9.02. The van der Waals surface area contributed by atoms with Crippen molar-refractivity contribution in [3.63, 3.8) is 0 Å². The first-order valence-corrected chi connectivity index (χ1v) is 4.43. The molecule has 4 nitrogen and oxygen atoms in total. The van der Waals surface area contributed by atoms with Gasteiger partial charge in [0.1, 0.15) is 5.75 Å². The summed E-state index contributed by atoms with van der Waals surface area (Å²) in [5.74, 6) is 0.676. The zero-order valence-corrected chi connectivity index (χ0v) is 7.60. The Morgan fingerprint density at radius 2 is 2.29 bits per heavy atom. The molecule has 0 fully saturated rings. The van der Waals surface area contributed by atoms with Crippen LogP contribution < -0.4 is 4.74 Å².